The summed E-state index contributed by atoms with van der Waals surface area (Å²) in [4.78, 5) is 9.24. The third-order valence-electron chi connectivity index (χ3n) is 4.54. The third-order valence-corrected chi connectivity index (χ3v) is 4.54. The van der Waals surface area contributed by atoms with E-state index in [0.29, 0.717) is 0 Å². The van der Waals surface area contributed by atoms with Crippen molar-refractivity contribution < 1.29 is 9.84 Å². The second-order valence-corrected chi connectivity index (χ2v) is 6.49. The van der Waals surface area contributed by atoms with Crippen LogP contribution in [0.1, 0.15) is 32.6 Å². The van der Waals surface area contributed by atoms with Crippen molar-refractivity contribution in [3.8, 4) is 5.75 Å². The SMILES string of the molecule is C[C@@H](O)CCN1CC[C@@H](Oc2cccnc2N2CCCC2)C1. The molecular weight excluding hydrogens is 278 g/mol. The summed E-state index contributed by atoms with van der Waals surface area (Å²) in [6.45, 7) is 6.96. The van der Waals surface area contributed by atoms with Crippen LogP contribution in [0, 0.1) is 0 Å². The van der Waals surface area contributed by atoms with Crippen molar-refractivity contribution in [2.75, 3.05) is 37.6 Å². The zero-order valence-electron chi connectivity index (χ0n) is 13.4. The van der Waals surface area contributed by atoms with Crippen LogP contribution < -0.4 is 9.64 Å². The molecule has 5 heteroatoms. The largest absolute Gasteiger partial charge is 0.485 e. The minimum absolute atomic E-state index is 0.222. The molecule has 0 amide bonds. The van der Waals surface area contributed by atoms with Gasteiger partial charge in [0.1, 0.15) is 6.10 Å². The van der Waals surface area contributed by atoms with Gasteiger partial charge in [-0.3, -0.25) is 4.90 Å². The van der Waals surface area contributed by atoms with Gasteiger partial charge in [0.15, 0.2) is 11.6 Å². The summed E-state index contributed by atoms with van der Waals surface area (Å²) in [7, 11) is 0. The molecule has 122 valence electrons. The summed E-state index contributed by atoms with van der Waals surface area (Å²) in [6.07, 6.45) is 6.23. The van der Waals surface area contributed by atoms with Gasteiger partial charge in [-0.05, 0) is 44.7 Å². The van der Waals surface area contributed by atoms with E-state index in [-0.39, 0.29) is 12.2 Å². The first-order valence-electron chi connectivity index (χ1n) is 8.49. The fourth-order valence-electron chi connectivity index (χ4n) is 3.29. The van der Waals surface area contributed by atoms with Crippen LogP contribution >= 0.6 is 0 Å². The summed E-state index contributed by atoms with van der Waals surface area (Å²) in [6, 6.07) is 3.99. The molecule has 0 bridgehead atoms. The van der Waals surface area contributed by atoms with Crippen LogP contribution in [-0.2, 0) is 0 Å². The zero-order valence-corrected chi connectivity index (χ0v) is 13.4. The van der Waals surface area contributed by atoms with Crippen molar-refractivity contribution in [3.63, 3.8) is 0 Å². The van der Waals surface area contributed by atoms with Crippen LogP contribution in [0.15, 0.2) is 18.3 Å². The fourth-order valence-corrected chi connectivity index (χ4v) is 3.29. The standard InChI is InChI=1S/C17H27N3O2/c1-14(21)6-11-19-12-7-15(13-19)22-16-5-4-8-18-17(16)20-9-2-3-10-20/h4-5,8,14-15,21H,2-3,6-7,9-13H2,1H3/t14-,15-/m1/s1. The van der Waals surface area contributed by atoms with E-state index in [1.54, 1.807) is 0 Å². The Morgan fingerprint density at radius 2 is 2.18 bits per heavy atom. The van der Waals surface area contributed by atoms with E-state index < -0.39 is 0 Å². The number of aliphatic hydroxyl groups is 1. The minimum Gasteiger partial charge on any atom is -0.485 e. The molecule has 2 fully saturated rings. The number of nitrogens with zero attached hydrogens (tertiary/aromatic N) is 3. The van der Waals surface area contributed by atoms with Crippen molar-refractivity contribution >= 4 is 5.82 Å². The lowest BCUT2D eigenvalue weighted by Crippen LogP contribution is -2.28. The molecule has 1 aromatic heterocycles. The molecule has 2 atom stereocenters. The number of likely N-dealkylation sites (tertiary alicyclic amines) is 1. The quantitative estimate of drug-likeness (QED) is 0.870. The summed E-state index contributed by atoms with van der Waals surface area (Å²) >= 11 is 0. The van der Waals surface area contributed by atoms with E-state index in [2.05, 4.69) is 14.8 Å². The van der Waals surface area contributed by atoms with E-state index >= 15 is 0 Å². The van der Waals surface area contributed by atoms with E-state index in [9.17, 15) is 5.11 Å². The summed E-state index contributed by atoms with van der Waals surface area (Å²) < 4.78 is 6.25. The van der Waals surface area contributed by atoms with Crippen LogP contribution in [0.5, 0.6) is 5.75 Å². The number of ether oxygens (including phenoxy) is 1. The molecule has 5 nitrogen and oxygen atoms in total. The zero-order chi connectivity index (χ0) is 15.4. The molecule has 0 aromatic carbocycles. The first-order chi connectivity index (χ1) is 10.7. The number of aromatic nitrogens is 1. The van der Waals surface area contributed by atoms with E-state index in [1.165, 1.54) is 12.8 Å². The van der Waals surface area contributed by atoms with Gasteiger partial charge in [0.05, 0.1) is 6.10 Å². The predicted molar refractivity (Wildman–Crippen MR) is 87.5 cm³/mol. The van der Waals surface area contributed by atoms with E-state index in [4.69, 9.17) is 4.74 Å². The Kier molecular flexibility index (Phi) is 5.16. The average Bonchev–Trinajstić information content (AvgIpc) is 3.17. The summed E-state index contributed by atoms with van der Waals surface area (Å²) in [5.74, 6) is 1.93. The summed E-state index contributed by atoms with van der Waals surface area (Å²) in [5.41, 5.74) is 0. The molecule has 1 aromatic rings. The maximum atomic E-state index is 9.40. The topological polar surface area (TPSA) is 48.8 Å². The Morgan fingerprint density at radius 3 is 2.95 bits per heavy atom. The molecule has 22 heavy (non-hydrogen) atoms. The molecule has 0 unspecified atom stereocenters. The smallest absolute Gasteiger partial charge is 0.171 e. The third kappa shape index (κ3) is 3.90. The van der Waals surface area contributed by atoms with E-state index in [1.807, 2.05) is 25.3 Å². The number of rotatable bonds is 6. The molecule has 2 aliphatic heterocycles. The fraction of sp³-hybridized carbons (Fsp3) is 0.706. The highest BCUT2D eigenvalue weighted by molar-refractivity contribution is 5.52. The van der Waals surface area contributed by atoms with Gasteiger partial charge in [-0.2, -0.15) is 0 Å². The molecule has 0 radical (unpaired) electrons. The highest BCUT2D eigenvalue weighted by Gasteiger charge is 2.26. The Balaban J connectivity index is 1.57. The highest BCUT2D eigenvalue weighted by Crippen LogP contribution is 2.30. The number of aliphatic hydroxyl groups excluding tert-OH is 1. The highest BCUT2D eigenvalue weighted by atomic mass is 16.5. The predicted octanol–water partition coefficient (Wildman–Crippen LogP) is 1.91. The Hall–Kier alpha value is -1.33. The van der Waals surface area contributed by atoms with Gasteiger partial charge in [0.2, 0.25) is 0 Å². The van der Waals surface area contributed by atoms with E-state index in [0.717, 1.165) is 57.1 Å². The second-order valence-electron chi connectivity index (χ2n) is 6.49. The van der Waals surface area contributed by atoms with Crippen molar-refractivity contribution in [2.24, 2.45) is 0 Å². The van der Waals surface area contributed by atoms with Gasteiger partial charge in [0, 0.05) is 38.9 Å². The number of pyridine rings is 1. The van der Waals surface area contributed by atoms with Crippen molar-refractivity contribution in [1.29, 1.82) is 0 Å². The van der Waals surface area contributed by atoms with Gasteiger partial charge >= 0.3 is 0 Å². The lowest BCUT2D eigenvalue weighted by Gasteiger charge is -2.22. The average molecular weight is 305 g/mol. The monoisotopic (exact) mass is 305 g/mol. The van der Waals surface area contributed by atoms with Gasteiger partial charge in [-0.1, -0.05) is 0 Å². The molecule has 0 spiro atoms. The molecular formula is C17H27N3O2. The van der Waals surface area contributed by atoms with Crippen LogP contribution in [0.3, 0.4) is 0 Å². The lowest BCUT2D eigenvalue weighted by atomic mass is 10.3. The van der Waals surface area contributed by atoms with Crippen molar-refractivity contribution in [2.45, 2.75) is 44.8 Å². The molecule has 2 aliphatic rings. The number of hydrogen-bond donors (Lipinski definition) is 1. The minimum atomic E-state index is -0.222. The van der Waals surface area contributed by atoms with Gasteiger partial charge in [-0.15, -0.1) is 0 Å². The number of anilines is 1. The Bertz CT molecular complexity index is 475. The van der Waals surface area contributed by atoms with Crippen LogP contribution in [-0.4, -0.2) is 59.9 Å². The summed E-state index contributed by atoms with van der Waals surface area (Å²) in [5, 5.41) is 9.40. The van der Waals surface area contributed by atoms with Crippen LogP contribution in [0.2, 0.25) is 0 Å². The van der Waals surface area contributed by atoms with Gasteiger partial charge in [0.25, 0.3) is 0 Å². The molecule has 3 rings (SSSR count). The first-order valence-corrected chi connectivity index (χ1v) is 8.49. The lowest BCUT2D eigenvalue weighted by molar-refractivity contribution is 0.155. The Morgan fingerprint density at radius 1 is 1.36 bits per heavy atom. The van der Waals surface area contributed by atoms with Crippen LogP contribution in [0.4, 0.5) is 5.82 Å². The van der Waals surface area contributed by atoms with Crippen molar-refractivity contribution in [3.05, 3.63) is 18.3 Å². The second kappa shape index (κ2) is 7.29. The van der Waals surface area contributed by atoms with Gasteiger partial charge < -0.3 is 14.7 Å². The Labute approximate surface area is 132 Å². The molecule has 0 aliphatic carbocycles. The maximum Gasteiger partial charge on any atom is 0.171 e. The van der Waals surface area contributed by atoms with Gasteiger partial charge in [-0.25, -0.2) is 4.98 Å². The molecule has 3 heterocycles. The first kappa shape index (κ1) is 15.6. The van der Waals surface area contributed by atoms with Crippen LogP contribution in [0.25, 0.3) is 0 Å². The number of hydrogen-bond acceptors (Lipinski definition) is 5. The normalized spacial score (nSPS) is 23.9. The maximum absolute atomic E-state index is 9.40. The molecule has 1 N–H and O–H groups in total. The molecule has 2 saturated heterocycles. The molecule has 0 saturated carbocycles. The van der Waals surface area contributed by atoms with Crippen molar-refractivity contribution in [1.82, 2.24) is 9.88 Å².